The molecule has 1 aliphatic rings. The normalized spacial score (nSPS) is 16.9. The maximum Gasteiger partial charge on any atom is 0.244 e. The van der Waals surface area contributed by atoms with Crippen molar-refractivity contribution in [3.8, 4) is 0 Å². The molecule has 1 aliphatic carbocycles. The van der Waals surface area contributed by atoms with Crippen LogP contribution in [0.25, 0.3) is 6.08 Å². The molecular weight excluding hydrogens is 222 g/mol. The highest BCUT2D eigenvalue weighted by molar-refractivity contribution is 5.91. The predicted octanol–water partition coefficient (Wildman–Crippen LogP) is 3.40. The zero-order valence-electron chi connectivity index (χ0n) is 10.8. The Labute approximate surface area is 109 Å². The van der Waals surface area contributed by atoms with Gasteiger partial charge in [0.25, 0.3) is 0 Å². The van der Waals surface area contributed by atoms with Gasteiger partial charge in [0.05, 0.1) is 0 Å². The Morgan fingerprint density at radius 1 is 1.17 bits per heavy atom. The third-order valence-corrected chi connectivity index (χ3v) is 3.52. The summed E-state index contributed by atoms with van der Waals surface area (Å²) < 4.78 is 0. The number of carbonyl (C=O) groups excluding carboxylic acids is 1. The Hall–Kier alpha value is -1.57. The van der Waals surface area contributed by atoms with Crippen molar-refractivity contribution in [2.24, 2.45) is 5.92 Å². The van der Waals surface area contributed by atoms with Gasteiger partial charge in [0, 0.05) is 12.6 Å². The molecule has 0 atom stereocenters. The van der Waals surface area contributed by atoms with E-state index in [9.17, 15) is 4.79 Å². The zero-order valence-corrected chi connectivity index (χ0v) is 10.8. The van der Waals surface area contributed by atoms with Gasteiger partial charge in [0.1, 0.15) is 0 Å². The molecule has 0 radical (unpaired) electrons. The van der Waals surface area contributed by atoms with E-state index in [0.29, 0.717) is 5.92 Å². The van der Waals surface area contributed by atoms with Crippen LogP contribution in [0.2, 0.25) is 0 Å². The van der Waals surface area contributed by atoms with Crippen molar-refractivity contribution in [1.29, 1.82) is 0 Å². The van der Waals surface area contributed by atoms with Gasteiger partial charge in [-0.05, 0) is 30.4 Å². The van der Waals surface area contributed by atoms with E-state index in [1.54, 1.807) is 6.08 Å². The molecule has 0 aliphatic heterocycles. The monoisotopic (exact) mass is 243 g/mol. The van der Waals surface area contributed by atoms with Crippen molar-refractivity contribution in [1.82, 2.24) is 5.32 Å². The summed E-state index contributed by atoms with van der Waals surface area (Å²) in [7, 11) is 0. The van der Waals surface area contributed by atoms with Gasteiger partial charge in [-0.1, -0.05) is 49.6 Å². The SMILES string of the molecule is O=C(/C=C/c1ccccc1)NCC1CCCCC1. The summed E-state index contributed by atoms with van der Waals surface area (Å²) in [6.45, 7) is 0.831. The Kier molecular flexibility index (Phi) is 5.00. The lowest BCUT2D eigenvalue weighted by atomic mass is 9.89. The van der Waals surface area contributed by atoms with Gasteiger partial charge in [0.2, 0.25) is 5.91 Å². The van der Waals surface area contributed by atoms with Crippen LogP contribution in [0.15, 0.2) is 36.4 Å². The third-order valence-electron chi connectivity index (χ3n) is 3.52. The molecule has 0 saturated heterocycles. The second-order valence-electron chi connectivity index (χ2n) is 4.99. The van der Waals surface area contributed by atoms with Crippen LogP contribution in [0.5, 0.6) is 0 Å². The van der Waals surface area contributed by atoms with Crippen LogP contribution >= 0.6 is 0 Å². The molecule has 96 valence electrons. The molecule has 2 heteroatoms. The summed E-state index contributed by atoms with van der Waals surface area (Å²) in [5.41, 5.74) is 1.06. The van der Waals surface area contributed by atoms with E-state index in [-0.39, 0.29) is 5.91 Å². The number of nitrogens with one attached hydrogen (secondary N) is 1. The minimum absolute atomic E-state index is 0.0180. The van der Waals surface area contributed by atoms with Crippen LogP contribution in [0.4, 0.5) is 0 Å². The summed E-state index contributed by atoms with van der Waals surface area (Å²) in [5.74, 6) is 0.706. The number of carbonyl (C=O) groups is 1. The minimum atomic E-state index is 0.0180. The summed E-state index contributed by atoms with van der Waals surface area (Å²) in [6.07, 6.45) is 10.0. The van der Waals surface area contributed by atoms with Gasteiger partial charge in [-0.3, -0.25) is 4.79 Å². The maximum atomic E-state index is 11.7. The molecule has 1 amide bonds. The molecule has 0 heterocycles. The average molecular weight is 243 g/mol. The number of rotatable bonds is 4. The first-order valence-corrected chi connectivity index (χ1v) is 6.85. The smallest absolute Gasteiger partial charge is 0.244 e. The molecule has 18 heavy (non-hydrogen) atoms. The third kappa shape index (κ3) is 4.36. The van der Waals surface area contributed by atoms with E-state index in [1.165, 1.54) is 32.1 Å². The topological polar surface area (TPSA) is 29.1 Å². The number of hydrogen-bond acceptors (Lipinski definition) is 1. The average Bonchev–Trinajstić information content (AvgIpc) is 2.45. The van der Waals surface area contributed by atoms with Crippen molar-refractivity contribution in [3.05, 3.63) is 42.0 Å². The van der Waals surface area contributed by atoms with Crippen molar-refractivity contribution in [2.75, 3.05) is 6.54 Å². The van der Waals surface area contributed by atoms with E-state index < -0.39 is 0 Å². The van der Waals surface area contributed by atoms with Crippen LogP contribution in [0.3, 0.4) is 0 Å². The van der Waals surface area contributed by atoms with Crippen LogP contribution in [-0.2, 0) is 4.79 Å². The highest BCUT2D eigenvalue weighted by atomic mass is 16.1. The van der Waals surface area contributed by atoms with E-state index >= 15 is 0 Å². The van der Waals surface area contributed by atoms with Crippen molar-refractivity contribution in [2.45, 2.75) is 32.1 Å². The van der Waals surface area contributed by atoms with E-state index in [0.717, 1.165) is 12.1 Å². The molecule has 1 fully saturated rings. The fourth-order valence-corrected chi connectivity index (χ4v) is 2.43. The quantitative estimate of drug-likeness (QED) is 0.807. The van der Waals surface area contributed by atoms with Crippen LogP contribution in [0, 0.1) is 5.92 Å². The lowest BCUT2D eigenvalue weighted by Gasteiger charge is -2.21. The van der Waals surface area contributed by atoms with Gasteiger partial charge >= 0.3 is 0 Å². The van der Waals surface area contributed by atoms with Gasteiger partial charge in [-0.25, -0.2) is 0 Å². The summed E-state index contributed by atoms with van der Waals surface area (Å²) in [4.78, 5) is 11.7. The van der Waals surface area contributed by atoms with Crippen molar-refractivity contribution < 1.29 is 4.79 Å². The molecule has 1 saturated carbocycles. The summed E-state index contributed by atoms with van der Waals surface area (Å²) >= 11 is 0. The molecular formula is C16H21NO. The lowest BCUT2D eigenvalue weighted by Crippen LogP contribution is -2.28. The fourth-order valence-electron chi connectivity index (χ4n) is 2.43. The van der Waals surface area contributed by atoms with Crippen molar-refractivity contribution in [3.63, 3.8) is 0 Å². The van der Waals surface area contributed by atoms with E-state index in [1.807, 2.05) is 36.4 Å². The standard InChI is InChI=1S/C16H21NO/c18-16(12-11-14-7-3-1-4-8-14)17-13-15-9-5-2-6-10-15/h1,3-4,7-8,11-12,15H,2,5-6,9-10,13H2,(H,17,18)/b12-11+. The lowest BCUT2D eigenvalue weighted by molar-refractivity contribution is -0.116. The molecule has 0 spiro atoms. The van der Waals surface area contributed by atoms with Gasteiger partial charge in [-0.2, -0.15) is 0 Å². The van der Waals surface area contributed by atoms with Gasteiger partial charge in [0.15, 0.2) is 0 Å². The molecule has 2 nitrogen and oxygen atoms in total. The van der Waals surface area contributed by atoms with Gasteiger partial charge < -0.3 is 5.32 Å². The number of benzene rings is 1. The van der Waals surface area contributed by atoms with Gasteiger partial charge in [-0.15, -0.1) is 0 Å². The molecule has 0 unspecified atom stereocenters. The number of amides is 1. The predicted molar refractivity (Wildman–Crippen MR) is 75.1 cm³/mol. The molecule has 1 aromatic rings. The number of hydrogen-bond donors (Lipinski definition) is 1. The van der Waals surface area contributed by atoms with Crippen LogP contribution < -0.4 is 5.32 Å². The van der Waals surface area contributed by atoms with Crippen LogP contribution in [-0.4, -0.2) is 12.5 Å². The summed E-state index contributed by atoms with van der Waals surface area (Å²) in [5, 5.41) is 3.00. The first-order valence-electron chi connectivity index (χ1n) is 6.85. The molecule has 1 N–H and O–H groups in total. The largest absolute Gasteiger partial charge is 0.352 e. The highest BCUT2D eigenvalue weighted by Gasteiger charge is 2.13. The molecule has 2 rings (SSSR count). The fraction of sp³-hybridized carbons (Fsp3) is 0.438. The second-order valence-corrected chi connectivity index (χ2v) is 4.99. The Bertz CT molecular complexity index is 391. The Balaban J connectivity index is 1.73. The maximum absolute atomic E-state index is 11.7. The highest BCUT2D eigenvalue weighted by Crippen LogP contribution is 2.22. The zero-order chi connectivity index (χ0) is 12.6. The first kappa shape index (κ1) is 12.9. The van der Waals surface area contributed by atoms with Crippen LogP contribution in [0.1, 0.15) is 37.7 Å². The summed E-state index contributed by atoms with van der Waals surface area (Å²) in [6, 6.07) is 9.90. The second kappa shape index (κ2) is 7.00. The molecule has 1 aromatic carbocycles. The minimum Gasteiger partial charge on any atom is -0.352 e. The van der Waals surface area contributed by atoms with E-state index in [2.05, 4.69) is 5.32 Å². The molecule has 0 bridgehead atoms. The first-order chi connectivity index (χ1) is 8.84. The molecule has 0 aromatic heterocycles. The van der Waals surface area contributed by atoms with Crippen molar-refractivity contribution >= 4 is 12.0 Å². The Morgan fingerprint density at radius 3 is 2.61 bits per heavy atom. The Morgan fingerprint density at radius 2 is 1.89 bits per heavy atom. The van der Waals surface area contributed by atoms with E-state index in [4.69, 9.17) is 0 Å².